The zero-order chi connectivity index (χ0) is 19.6. The van der Waals surface area contributed by atoms with E-state index in [0.29, 0.717) is 24.7 Å². The Kier molecular flexibility index (Phi) is 16.9. The van der Waals surface area contributed by atoms with Gasteiger partial charge in [0.1, 0.15) is 8.98 Å². The first-order chi connectivity index (χ1) is 11.6. The van der Waals surface area contributed by atoms with Gasteiger partial charge in [0, 0.05) is 11.5 Å². The number of thioether (sulfide) groups is 2. The van der Waals surface area contributed by atoms with Gasteiger partial charge in [-0.25, -0.2) is 0 Å². The van der Waals surface area contributed by atoms with Crippen LogP contribution in [0, 0.1) is 0 Å². The lowest BCUT2D eigenvalue weighted by Gasteiger charge is -2.06. The smallest absolute Gasteiger partial charge is 0.127 e. The number of halogens is 10. The van der Waals surface area contributed by atoms with E-state index in [-0.39, 0.29) is 37.8 Å². The van der Waals surface area contributed by atoms with Gasteiger partial charge in [0.25, 0.3) is 0 Å². The fourth-order valence-corrected chi connectivity index (χ4v) is 4.30. The minimum Gasteiger partial charge on any atom is -0.380 e. The van der Waals surface area contributed by atoms with E-state index in [9.17, 15) is 0 Å². The minimum atomic E-state index is -0.160. The molecule has 1 nitrogen and oxygen atoms in total. The molecule has 0 saturated heterocycles. The molecule has 144 valence electrons. The maximum absolute atomic E-state index is 5.98. The van der Waals surface area contributed by atoms with Crippen molar-refractivity contribution in [1.29, 1.82) is 0 Å². The summed E-state index contributed by atoms with van der Waals surface area (Å²) in [5, 5.41) is 0.141. The summed E-state index contributed by atoms with van der Waals surface area (Å²) in [6.07, 6.45) is 0. The molecule has 0 saturated carbocycles. The summed E-state index contributed by atoms with van der Waals surface area (Å²) in [4.78, 5) is 0. The number of hydrogen-bond acceptors (Lipinski definition) is 3. The molecule has 0 spiro atoms. The average Bonchev–Trinajstić information content (AvgIpc) is 2.57. The van der Waals surface area contributed by atoms with Crippen molar-refractivity contribution in [3.8, 4) is 0 Å². The third-order valence-corrected chi connectivity index (χ3v) is 7.93. The summed E-state index contributed by atoms with van der Waals surface area (Å²) in [7, 11) is 0. The van der Waals surface area contributed by atoms with E-state index in [1.165, 1.54) is 23.5 Å². The van der Waals surface area contributed by atoms with Gasteiger partial charge in [-0.15, -0.1) is 23.5 Å². The average molecular weight is 587 g/mol. The molecule has 0 aromatic carbocycles. The second kappa shape index (κ2) is 15.4. The molecule has 0 rings (SSSR count). The lowest BCUT2D eigenvalue weighted by Crippen LogP contribution is -2.01. The van der Waals surface area contributed by atoms with Gasteiger partial charge in [-0.3, -0.25) is 0 Å². The molecule has 0 fully saturated rings. The molecule has 0 aromatic heterocycles. The van der Waals surface area contributed by atoms with Crippen LogP contribution in [0.15, 0.2) is 37.8 Å². The molecule has 0 heterocycles. The van der Waals surface area contributed by atoms with Gasteiger partial charge in [-0.05, 0) is 0 Å². The summed E-state index contributed by atoms with van der Waals surface area (Å²) in [6, 6.07) is 0. The predicted molar refractivity (Wildman–Crippen MR) is 122 cm³/mol. The molecular formula is C12H8Cl10OS2. The Balaban J connectivity index is 4.14. The van der Waals surface area contributed by atoms with Crippen molar-refractivity contribution in [3.63, 3.8) is 0 Å². The summed E-state index contributed by atoms with van der Waals surface area (Å²) in [5.74, 6) is 1.09. The highest BCUT2D eigenvalue weighted by Crippen LogP contribution is 2.37. The quantitative estimate of drug-likeness (QED) is 0.186. The van der Waals surface area contributed by atoms with Crippen molar-refractivity contribution in [2.24, 2.45) is 0 Å². The summed E-state index contributed by atoms with van der Waals surface area (Å²) in [5.41, 5.74) is 0. The van der Waals surface area contributed by atoms with E-state index in [2.05, 4.69) is 0 Å². The monoisotopic (exact) mass is 582 g/mol. The van der Waals surface area contributed by atoms with Gasteiger partial charge in [0.05, 0.1) is 42.1 Å². The van der Waals surface area contributed by atoms with Gasteiger partial charge in [0.15, 0.2) is 0 Å². The number of hydrogen-bond donors (Lipinski definition) is 0. The van der Waals surface area contributed by atoms with Crippen molar-refractivity contribution >= 4 is 140 Å². The molecule has 0 unspecified atom stereocenters. The molecule has 0 bridgehead atoms. The second-order valence-electron chi connectivity index (χ2n) is 3.63. The van der Waals surface area contributed by atoms with Gasteiger partial charge in [-0.1, -0.05) is 116 Å². The first kappa shape index (κ1) is 27.5. The highest BCUT2D eigenvalue weighted by molar-refractivity contribution is 8.04. The third-order valence-electron chi connectivity index (χ3n) is 1.98. The standard InChI is InChI=1S/C12H8Cl10OS2/c13-5(9(17)18)7(15)11(21)24-3-1-23-2-4-25-12(22)8(16)6(14)10(19)20/h1-4H2/b11-7-,12-8-. The normalized spacial score (nSPS) is 13.2. The fraction of sp³-hybridized carbons (Fsp3) is 0.333. The number of rotatable bonds is 10. The Labute approximate surface area is 204 Å². The first-order valence-electron chi connectivity index (χ1n) is 5.95. The molecular weight excluding hydrogens is 579 g/mol. The molecule has 0 aromatic rings. The summed E-state index contributed by atoms with van der Waals surface area (Å²) in [6.45, 7) is 0.843. The topological polar surface area (TPSA) is 9.23 Å². The van der Waals surface area contributed by atoms with Gasteiger partial charge in [-0.2, -0.15) is 0 Å². The highest BCUT2D eigenvalue weighted by Gasteiger charge is 2.11. The maximum atomic E-state index is 5.98. The molecule has 0 amide bonds. The van der Waals surface area contributed by atoms with Gasteiger partial charge < -0.3 is 4.74 Å². The lowest BCUT2D eigenvalue weighted by molar-refractivity contribution is 0.167. The third kappa shape index (κ3) is 12.0. The Morgan fingerprint density at radius 2 is 0.840 bits per heavy atom. The number of ether oxygens (including phenoxy) is 1. The van der Waals surface area contributed by atoms with Crippen LogP contribution >= 0.6 is 140 Å². The molecule has 0 aliphatic carbocycles. The van der Waals surface area contributed by atoms with Crippen LogP contribution in [0.5, 0.6) is 0 Å². The van der Waals surface area contributed by atoms with Crippen LogP contribution in [0.3, 0.4) is 0 Å². The predicted octanol–water partition coefficient (Wildman–Crippen LogP) is 9.53. The minimum absolute atomic E-state index is 0.0112. The first-order valence-corrected chi connectivity index (χ1v) is 11.7. The van der Waals surface area contributed by atoms with Crippen LogP contribution in [0.1, 0.15) is 0 Å². The van der Waals surface area contributed by atoms with Gasteiger partial charge in [0.2, 0.25) is 0 Å². The zero-order valence-corrected chi connectivity index (χ0v) is 21.0. The molecule has 13 heteroatoms. The van der Waals surface area contributed by atoms with E-state index < -0.39 is 0 Å². The van der Waals surface area contributed by atoms with E-state index in [1.807, 2.05) is 0 Å². The van der Waals surface area contributed by atoms with Crippen LogP contribution in [0.4, 0.5) is 0 Å². The Bertz CT molecular complexity index is 526. The lowest BCUT2D eigenvalue weighted by atomic mass is 10.6. The second-order valence-corrected chi connectivity index (χ2v) is 10.5. The molecule has 0 radical (unpaired) electrons. The van der Waals surface area contributed by atoms with E-state index in [4.69, 9.17) is 121 Å². The highest BCUT2D eigenvalue weighted by atomic mass is 35.5. The Morgan fingerprint density at radius 3 is 1.12 bits per heavy atom. The Hall–Kier alpha value is 2.52. The summed E-state index contributed by atoms with van der Waals surface area (Å²) < 4.78 is 5.64. The molecule has 0 N–H and O–H groups in total. The van der Waals surface area contributed by atoms with Crippen LogP contribution < -0.4 is 0 Å². The van der Waals surface area contributed by atoms with Crippen molar-refractivity contribution < 1.29 is 4.74 Å². The zero-order valence-electron chi connectivity index (χ0n) is 11.8. The van der Waals surface area contributed by atoms with Crippen LogP contribution in [-0.4, -0.2) is 24.7 Å². The van der Waals surface area contributed by atoms with Crippen LogP contribution in [0.2, 0.25) is 0 Å². The van der Waals surface area contributed by atoms with Crippen molar-refractivity contribution in [2.45, 2.75) is 0 Å². The fourth-order valence-electron chi connectivity index (χ4n) is 0.948. The summed E-state index contributed by atoms with van der Waals surface area (Å²) >= 11 is 59.9. The van der Waals surface area contributed by atoms with Gasteiger partial charge >= 0.3 is 0 Å². The number of allylic oxidation sites excluding steroid dienone is 4. The molecule has 0 aliphatic rings. The SMILES string of the molecule is ClC(Cl)=C(Cl)/C(Cl)=C(\Cl)SCCOCCS/C(Cl)=C(\Cl)C(Cl)=C(Cl)Cl. The van der Waals surface area contributed by atoms with Crippen molar-refractivity contribution in [2.75, 3.05) is 24.7 Å². The van der Waals surface area contributed by atoms with Crippen molar-refractivity contribution in [3.05, 3.63) is 37.8 Å². The van der Waals surface area contributed by atoms with E-state index in [0.717, 1.165) is 0 Å². The van der Waals surface area contributed by atoms with Crippen molar-refractivity contribution in [1.82, 2.24) is 0 Å². The molecule has 0 atom stereocenters. The molecule has 0 aliphatic heterocycles. The maximum Gasteiger partial charge on any atom is 0.127 e. The Morgan fingerprint density at radius 1 is 0.520 bits per heavy atom. The van der Waals surface area contributed by atoms with Crippen LogP contribution in [0.25, 0.3) is 0 Å². The molecule has 25 heavy (non-hydrogen) atoms. The van der Waals surface area contributed by atoms with Crippen LogP contribution in [-0.2, 0) is 4.74 Å². The largest absolute Gasteiger partial charge is 0.380 e. The van der Waals surface area contributed by atoms with E-state index >= 15 is 0 Å². The van der Waals surface area contributed by atoms with E-state index in [1.54, 1.807) is 0 Å².